The monoisotopic (exact) mass is 479 g/mol. The van der Waals surface area contributed by atoms with Crippen LogP contribution in [0.2, 0.25) is 39.3 Å². The summed E-state index contributed by atoms with van der Waals surface area (Å²) in [5, 5.41) is 11.4. The van der Waals surface area contributed by atoms with Gasteiger partial charge in [-0.15, -0.1) is 0 Å². The number of Topliss-reactive ketones (excluding diaryl/α,β-unsaturated/α-hetero) is 2. The summed E-state index contributed by atoms with van der Waals surface area (Å²) in [6.45, 7) is 11.9. The Hall–Kier alpha value is -3.31. The van der Waals surface area contributed by atoms with Crippen molar-refractivity contribution < 1.29 is 23.4 Å². The Kier molecular flexibility index (Phi) is 5.29. The summed E-state index contributed by atoms with van der Waals surface area (Å²) in [6, 6.07) is 11.1. The molecule has 7 nitrogen and oxygen atoms in total. The van der Waals surface area contributed by atoms with Crippen molar-refractivity contribution in [2.75, 3.05) is 0 Å². The summed E-state index contributed by atoms with van der Waals surface area (Å²) in [4.78, 5) is 38.4. The maximum Gasteiger partial charge on any atom is 0.270 e. The number of nitro benzene ring substituents is 1. The number of carbonyl (C=O) groups excluding carboxylic acids is 2. The number of ketones is 2. The maximum atomic E-state index is 13.8. The third-order valence-electron chi connectivity index (χ3n) is 5.09. The van der Waals surface area contributed by atoms with Crippen molar-refractivity contribution in [2.45, 2.75) is 39.3 Å². The largest absolute Gasteiger partial charge is 0.543 e. The zero-order valence-electron chi connectivity index (χ0n) is 19.4. The zero-order valence-corrected chi connectivity index (χ0v) is 21.4. The minimum absolute atomic E-state index is 0.127. The number of allylic oxidation sites excluding steroid dienone is 2. The molecule has 0 aromatic heterocycles. The Morgan fingerprint density at radius 1 is 0.697 bits per heavy atom. The van der Waals surface area contributed by atoms with E-state index in [2.05, 4.69) is 0 Å². The average Bonchev–Trinajstić information content (AvgIpc) is 2.71. The Bertz CT molecular complexity index is 1290. The number of hydrogen-bond donors (Lipinski definition) is 0. The normalized spacial score (nSPS) is 15.7. The molecular weight excluding hydrogens is 454 g/mol. The van der Waals surface area contributed by atoms with Crippen LogP contribution in [0.25, 0.3) is 11.5 Å². The van der Waals surface area contributed by atoms with Gasteiger partial charge in [-0.05, 0) is 45.3 Å². The quantitative estimate of drug-likeness (QED) is 0.305. The third-order valence-corrected chi connectivity index (χ3v) is 6.73. The highest BCUT2D eigenvalue weighted by Gasteiger charge is 2.44. The van der Waals surface area contributed by atoms with Crippen LogP contribution < -0.4 is 0 Å². The second-order valence-corrected chi connectivity index (χ2v) is 18.9. The first-order chi connectivity index (χ1) is 15.3. The van der Waals surface area contributed by atoms with Crippen molar-refractivity contribution in [1.82, 2.24) is 0 Å². The smallest absolute Gasteiger partial charge is 0.270 e. The fraction of sp³-hybridized carbons (Fsp3) is 0.250. The number of benzene rings is 2. The highest BCUT2D eigenvalue weighted by Crippen LogP contribution is 2.46. The lowest BCUT2D eigenvalue weighted by Crippen LogP contribution is -2.34. The van der Waals surface area contributed by atoms with Gasteiger partial charge in [0.05, 0.1) is 16.1 Å². The third kappa shape index (κ3) is 4.09. The van der Waals surface area contributed by atoms with Crippen LogP contribution in [0.5, 0.6) is 0 Å². The first-order valence-corrected chi connectivity index (χ1v) is 17.4. The Balaban J connectivity index is 2.14. The number of nitro groups is 1. The molecule has 0 aliphatic heterocycles. The van der Waals surface area contributed by atoms with E-state index in [4.69, 9.17) is 8.85 Å². The van der Waals surface area contributed by atoms with Gasteiger partial charge in [0.15, 0.2) is 11.6 Å². The molecule has 0 heterocycles. The molecule has 4 rings (SSSR count). The fourth-order valence-corrected chi connectivity index (χ4v) is 5.58. The number of rotatable bonds is 5. The van der Waals surface area contributed by atoms with Crippen molar-refractivity contribution in [3.05, 3.63) is 86.0 Å². The molecule has 2 aromatic carbocycles. The minimum atomic E-state index is -2.25. The number of fused-ring (bicyclic) bond motifs is 3. The van der Waals surface area contributed by atoms with Gasteiger partial charge in [-0.3, -0.25) is 19.7 Å². The Morgan fingerprint density at radius 3 is 1.64 bits per heavy atom. The molecule has 9 heteroatoms. The van der Waals surface area contributed by atoms with E-state index < -0.39 is 27.3 Å². The van der Waals surface area contributed by atoms with Crippen LogP contribution in [0.1, 0.15) is 31.8 Å². The molecule has 0 amide bonds. The van der Waals surface area contributed by atoms with E-state index >= 15 is 0 Å². The summed E-state index contributed by atoms with van der Waals surface area (Å²) in [5.74, 6) is -0.139. The van der Waals surface area contributed by atoms with Gasteiger partial charge in [-0.25, -0.2) is 0 Å². The van der Waals surface area contributed by atoms with Crippen molar-refractivity contribution in [2.24, 2.45) is 0 Å². The highest BCUT2D eigenvalue weighted by atomic mass is 28.4. The molecule has 0 atom stereocenters. The van der Waals surface area contributed by atoms with E-state index in [1.807, 2.05) is 39.3 Å². The summed E-state index contributed by atoms with van der Waals surface area (Å²) >= 11 is 0. The lowest BCUT2D eigenvalue weighted by atomic mass is 9.76. The van der Waals surface area contributed by atoms with Gasteiger partial charge in [-0.1, -0.05) is 24.3 Å². The van der Waals surface area contributed by atoms with Crippen LogP contribution in [0.4, 0.5) is 5.69 Å². The molecule has 0 unspecified atom stereocenters. The first-order valence-electron chi connectivity index (χ1n) is 10.6. The average molecular weight is 480 g/mol. The minimum Gasteiger partial charge on any atom is -0.543 e. The number of hydrogen-bond acceptors (Lipinski definition) is 6. The van der Waals surface area contributed by atoms with Crippen LogP contribution in [-0.4, -0.2) is 33.1 Å². The summed E-state index contributed by atoms with van der Waals surface area (Å²) < 4.78 is 12.8. The zero-order chi connectivity index (χ0) is 24.3. The van der Waals surface area contributed by atoms with Crippen molar-refractivity contribution in [1.29, 1.82) is 0 Å². The molecule has 0 fully saturated rings. The molecule has 0 radical (unpaired) electrons. The Morgan fingerprint density at radius 2 is 1.15 bits per heavy atom. The van der Waals surface area contributed by atoms with E-state index in [-0.39, 0.29) is 28.2 Å². The van der Waals surface area contributed by atoms with Crippen LogP contribution >= 0.6 is 0 Å². The summed E-state index contributed by atoms with van der Waals surface area (Å²) in [7, 11) is -4.46. The van der Waals surface area contributed by atoms with Gasteiger partial charge >= 0.3 is 0 Å². The molecule has 0 saturated carbocycles. The predicted octanol–water partition coefficient (Wildman–Crippen LogP) is 5.81. The van der Waals surface area contributed by atoms with Gasteiger partial charge in [-0.2, -0.15) is 0 Å². The SMILES string of the molecule is C[Si](C)(C)OC1=C2C(=O)c3cc([N+](=O)[O-])ccc3C(O[Si](C)(C)C)=C2C(=O)c2ccccc21. The maximum absolute atomic E-state index is 13.8. The van der Waals surface area contributed by atoms with Gasteiger partial charge in [0.25, 0.3) is 5.69 Å². The molecule has 170 valence electrons. The highest BCUT2D eigenvalue weighted by molar-refractivity contribution is 6.71. The fourth-order valence-electron chi connectivity index (χ4n) is 3.93. The lowest BCUT2D eigenvalue weighted by Gasteiger charge is -2.34. The predicted molar refractivity (Wildman–Crippen MR) is 131 cm³/mol. The van der Waals surface area contributed by atoms with E-state index in [0.29, 0.717) is 28.2 Å². The second kappa shape index (κ2) is 7.63. The molecule has 0 N–H and O–H groups in total. The molecular formula is C24H25NO6Si2. The number of nitrogens with zero attached hydrogens (tertiary/aromatic N) is 1. The van der Waals surface area contributed by atoms with Crippen molar-refractivity contribution in [3.63, 3.8) is 0 Å². The van der Waals surface area contributed by atoms with Gasteiger partial charge in [0.1, 0.15) is 11.5 Å². The van der Waals surface area contributed by atoms with E-state index in [0.717, 1.165) is 0 Å². The van der Waals surface area contributed by atoms with Gasteiger partial charge in [0.2, 0.25) is 16.6 Å². The van der Waals surface area contributed by atoms with E-state index in [9.17, 15) is 19.7 Å². The molecule has 2 aliphatic rings. The van der Waals surface area contributed by atoms with Gasteiger partial charge in [0, 0.05) is 34.4 Å². The van der Waals surface area contributed by atoms with Gasteiger partial charge < -0.3 is 8.85 Å². The van der Waals surface area contributed by atoms with E-state index in [1.54, 1.807) is 24.3 Å². The van der Waals surface area contributed by atoms with E-state index in [1.165, 1.54) is 18.2 Å². The van der Waals surface area contributed by atoms with Crippen molar-refractivity contribution in [3.8, 4) is 0 Å². The number of non-ortho nitro benzene ring substituents is 1. The molecule has 33 heavy (non-hydrogen) atoms. The number of carbonyl (C=O) groups is 2. The van der Waals surface area contributed by atoms with Crippen LogP contribution in [0.3, 0.4) is 0 Å². The first kappa shape index (κ1) is 22.9. The standard InChI is InChI=1S/C24H25NO6Si2/c1-32(2,3)30-23-16-10-8-7-9-15(16)21(26)19-20(23)22(27)18-13-14(25(28)29)11-12-17(18)24(19)31-33(4,5)6/h7-13H,1-6H3. The molecule has 0 bridgehead atoms. The molecule has 2 aromatic rings. The summed E-state index contributed by atoms with van der Waals surface area (Å²) in [5.41, 5.74) is 1.64. The van der Waals surface area contributed by atoms with Crippen LogP contribution in [-0.2, 0) is 8.85 Å². The van der Waals surface area contributed by atoms with Crippen LogP contribution in [0, 0.1) is 10.1 Å². The lowest BCUT2D eigenvalue weighted by molar-refractivity contribution is -0.384. The second-order valence-electron chi connectivity index (χ2n) is 10.0. The van der Waals surface area contributed by atoms with Crippen LogP contribution in [0.15, 0.2) is 53.6 Å². The molecule has 2 aliphatic carbocycles. The summed E-state index contributed by atoms with van der Waals surface area (Å²) in [6.07, 6.45) is 0. The topological polar surface area (TPSA) is 95.7 Å². The molecule has 0 spiro atoms. The van der Waals surface area contributed by atoms with Crippen molar-refractivity contribution >= 4 is 45.4 Å². The Labute approximate surface area is 194 Å². The molecule has 0 saturated heterocycles.